The van der Waals surface area contributed by atoms with E-state index in [0.717, 1.165) is 19.5 Å². The lowest BCUT2D eigenvalue weighted by Crippen LogP contribution is -2.51. The second-order valence-electron chi connectivity index (χ2n) is 8.47. The average Bonchev–Trinajstić information content (AvgIpc) is 2.83. The van der Waals surface area contributed by atoms with Crippen LogP contribution in [0.5, 0.6) is 0 Å². The van der Waals surface area contributed by atoms with Gasteiger partial charge < -0.3 is 9.64 Å². The number of nitrogens with zero attached hydrogens (tertiary/aromatic N) is 2. The van der Waals surface area contributed by atoms with Gasteiger partial charge in [-0.15, -0.1) is 0 Å². The van der Waals surface area contributed by atoms with Crippen molar-refractivity contribution in [2.24, 2.45) is 0 Å². The normalized spacial score (nSPS) is 20.1. The van der Waals surface area contributed by atoms with Crippen LogP contribution < -0.4 is 0 Å². The first-order valence-corrected chi connectivity index (χ1v) is 10.8. The molecule has 2 heterocycles. The van der Waals surface area contributed by atoms with Crippen molar-refractivity contribution in [1.82, 2.24) is 9.80 Å². The van der Waals surface area contributed by atoms with Crippen LogP contribution in [-0.4, -0.2) is 47.7 Å². The number of rotatable bonds is 1. The minimum Gasteiger partial charge on any atom is -0.444 e. The number of carbonyl (C=O) groups is 1. The van der Waals surface area contributed by atoms with Crippen LogP contribution in [0.1, 0.15) is 37.9 Å². The molecule has 0 bridgehead atoms. The molecule has 1 unspecified atom stereocenters. The number of benzene rings is 2. The Kier molecular flexibility index (Phi) is 5.39. The van der Waals surface area contributed by atoms with Gasteiger partial charge in [0.2, 0.25) is 0 Å². The Morgan fingerprint density at radius 1 is 0.964 bits per heavy atom. The van der Waals surface area contributed by atoms with Crippen LogP contribution in [0.4, 0.5) is 4.79 Å². The van der Waals surface area contributed by atoms with Gasteiger partial charge in [0.25, 0.3) is 0 Å². The fourth-order valence-electron chi connectivity index (χ4n) is 3.93. The minimum atomic E-state index is -0.449. The monoisotopic (exact) mass is 396 g/mol. The maximum absolute atomic E-state index is 12.4. The molecule has 5 heteroatoms. The predicted octanol–water partition coefficient (Wildman–Crippen LogP) is 4.99. The third-order valence-electron chi connectivity index (χ3n) is 5.29. The van der Waals surface area contributed by atoms with E-state index in [4.69, 9.17) is 4.74 Å². The van der Waals surface area contributed by atoms with Gasteiger partial charge in [-0.3, -0.25) is 4.90 Å². The number of hydrogen-bond donors (Lipinski definition) is 0. The molecular formula is C23H28N2O2S. The molecule has 1 saturated heterocycles. The summed E-state index contributed by atoms with van der Waals surface area (Å²) >= 11 is 1.87. The maximum Gasteiger partial charge on any atom is 0.410 e. The van der Waals surface area contributed by atoms with Crippen LogP contribution in [-0.2, 0) is 11.2 Å². The molecule has 0 saturated carbocycles. The van der Waals surface area contributed by atoms with Crippen LogP contribution in [0.25, 0.3) is 0 Å². The van der Waals surface area contributed by atoms with E-state index in [0.29, 0.717) is 19.1 Å². The van der Waals surface area contributed by atoms with Gasteiger partial charge in [-0.25, -0.2) is 4.79 Å². The first-order valence-electron chi connectivity index (χ1n) is 9.97. The van der Waals surface area contributed by atoms with Gasteiger partial charge in [-0.2, -0.15) is 0 Å². The molecule has 2 aliphatic rings. The fourth-order valence-corrected chi connectivity index (χ4v) is 5.06. The van der Waals surface area contributed by atoms with E-state index < -0.39 is 5.60 Å². The lowest BCUT2D eigenvalue weighted by Gasteiger charge is -2.40. The Bertz CT molecular complexity index is 854. The fraction of sp³-hybridized carbons (Fsp3) is 0.435. The summed E-state index contributed by atoms with van der Waals surface area (Å²) in [7, 11) is 0. The minimum absolute atomic E-state index is 0.200. The standard InChI is InChI=1S/C23H28N2O2S/c1-23(2,3)27-22(26)25-14-12-24(13-15-25)19-16-17-8-4-6-10-20(17)28-21-11-7-5-9-18(19)21/h4-11,19H,12-16H2,1-3H3. The highest BCUT2D eigenvalue weighted by molar-refractivity contribution is 7.99. The van der Waals surface area contributed by atoms with E-state index in [-0.39, 0.29) is 6.09 Å². The van der Waals surface area contributed by atoms with Gasteiger partial charge in [0.15, 0.2) is 0 Å². The van der Waals surface area contributed by atoms with E-state index in [9.17, 15) is 4.79 Å². The molecule has 0 aliphatic carbocycles. The Hall–Kier alpha value is -1.98. The van der Waals surface area contributed by atoms with Crippen LogP contribution in [0.3, 0.4) is 0 Å². The van der Waals surface area contributed by atoms with Crippen molar-refractivity contribution in [3.63, 3.8) is 0 Å². The second-order valence-corrected chi connectivity index (χ2v) is 9.55. The number of amides is 1. The highest BCUT2D eigenvalue weighted by Crippen LogP contribution is 2.42. The van der Waals surface area contributed by atoms with Crippen LogP contribution >= 0.6 is 11.8 Å². The van der Waals surface area contributed by atoms with E-state index in [2.05, 4.69) is 53.4 Å². The van der Waals surface area contributed by atoms with Crippen molar-refractivity contribution in [3.05, 3.63) is 59.7 Å². The smallest absolute Gasteiger partial charge is 0.410 e. The van der Waals surface area contributed by atoms with E-state index in [1.165, 1.54) is 20.9 Å². The predicted molar refractivity (Wildman–Crippen MR) is 113 cm³/mol. The summed E-state index contributed by atoms with van der Waals surface area (Å²) in [6, 6.07) is 17.8. The lowest BCUT2D eigenvalue weighted by molar-refractivity contribution is 0.0100. The van der Waals surface area contributed by atoms with Gasteiger partial charge in [0.05, 0.1) is 0 Å². The summed E-state index contributed by atoms with van der Waals surface area (Å²) in [5.41, 5.74) is 2.35. The molecule has 4 nitrogen and oxygen atoms in total. The molecule has 0 radical (unpaired) electrons. The number of hydrogen-bond acceptors (Lipinski definition) is 4. The summed E-state index contributed by atoms with van der Waals surface area (Å²) in [6.07, 6.45) is 0.807. The number of piperazine rings is 1. The molecule has 1 atom stereocenters. The molecule has 1 amide bonds. The molecule has 2 aromatic carbocycles. The summed E-state index contributed by atoms with van der Waals surface area (Å²) in [5.74, 6) is 0. The number of carbonyl (C=O) groups excluding carboxylic acids is 1. The number of ether oxygens (including phenoxy) is 1. The largest absolute Gasteiger partial charge is 0.444 e. The average molecular weight is 397 g/mol. The highest BCUT2D eigenvalue weighted by atomic mass is 32.2. The van der Waals surface area contributed by atoms with Gasteiger partial charge in [0.1, 0.15) is 5.60 Å². The van der Waals surface area contributed by atoms with Crippen molar-refractivity contribution < 1.29 is 9.53 Å². The Morgan fingerprint density at radius 2 is 1.61 bits per heavy atom. The van der Waals surface area contributed by atoms with Crippen LogP contribution in [0.2, 0.25) is 0 Å². The molecule has 2 aliphatic heterocycles. The molecule has 2 aromatic rings. The van der Waals surface area contributed by atoms with Crippen LogP contribution in [0.15, 0.2) is 58.3 Å². The van der Waals surface area contributed by atoms with E-state index >= 15 is 0 Å². The summed E-state index contributed by atoms with van der Waals surface area (Å²) < 4.78 is 5.55. The van der Waals surface area contributed by atoms with E-state index in [1.54, 1.807) is 0 Å². The first-order chi connectivity index (χ1) is 13.4. The first kappa shape index (κ1) is 19.3. The maximum atomic E-state index is 12.4. The van der Waals surface area contributed by atoms with Crippen molar-refractivity contribution >= 4 is 17.9 Å². The SMILES string of the molecule is CC(C)(C)OC(=O)N1CCN(C2Cc3ccccc3Sc3ccccc32)CC1. The molecule has 148 valence electrons. The van der Waals surface area contributed by atoms with Crippen molar-refractivity contribution in [2.45, 2.75) is 48.6 Å². The quantitative estimate of drug-likeness (QED) is 0.680. The molecule has 0 aromatic heterocycles. The molecule has 4 rings (SSSR count). The Morgan fingerprint density at radius 3 is 2.32 bits per heavy atom. The zero-order valence-electron chi connectivity index (χ0n) is 16.9. The summed E-state index contributed by atoms with van der Waals surface area (Å²) in [5, 5.41) is 0. The molecular weight excluding hydrogens is 368 g/mol. The zero-order valence-corrected chi connectivity index (χ0v) is 17.7. The Balaban J connectivity index is 1.52. The van der Waals surface area contributed by atoms with Crippen molar-refractivity contribution in [1.29, 1.82) is 0 Å². The third-order valence-corrected chi connectivity index (χ3v) is 6.50. The van der Waals surface area contributed by atoms with Crippen molar-refractivity contribution in [3.8, 4) is 0 Å². The van der Waals surface area contributed by atoms with E-state index in [1.807, 2.05) is 37.4 Å². The summed E-state index contributed by atoms with van der Waals surface area (Å²) in [6.45, 7) is 8.90. The Labute approximate surface area is 171 Å². The van der Waals surface area contributed by atoms with Gasteiger partial charge >= 0.3 is 6.09 Å². The molecule has 1 fully saturated rings. The van der Waals surface area contributed by atoms with Gasteiger partial charge in [0, 0.05) is 42.0 Å². The topological polar surface area (TPSA) is 32.8 Å². The third kappa shape index (κ3) is 4.20. The molecule has 0 spiro atoms. The summed E-state index contributed by atoms with van der Waals surface area (Å²) in [4.78, 5) is 19.5. The second kappa shape index (κ2) is 7.80. The molecule has 28 heavy (non-hydrogen) atoms. The van der Waals surface area contributed by atoms with Crippen LogP contribution in [0, 0.1) is 0 Å². The lowest BCUT2D eigenvalue weighted by atomic mass is 9.96. The van der Waals surface area contributed by atoms with Crippen molar-refractivity contribution in [2.75, 3.05) is 26.2 Å². The zero-order chi connectivity index (χ0) is 19.7. The van der Waals surface area contributed by atoms with Gasteiger partial charge in [-0.05, 0) is 50.5 Å². The highest BCUT2D eigenvalue weighted by Gasteiger charge is 2.32. The number of fused-ring (bicyclic) bond motifs is 2. The van der Waals surface area contributed by atoms with Gasteiger partial charge in [-0.1, -0.05) is 48.2 Å². The molecule has 0 N–H and O–H groups in total.